The van der Waals surface area contributed by atoms with Crippen LogP contribution in [0.15, 0.2) is 64.9 Å². The molecule has 2 aromatic carbocycles. The maximum atomic E-state index is 12.9. The van der Waals surface area contributed by atoms with Gasteiger partial charge in [-0.25, -0.2) is 8.42 Å². The number of rotatable bonds is 10. The normalized spacial score (nSPS) is 10.9. The first-order valence-electron chi connectivity index (χ1n) is 9.54. The van der Waals surface area contributed by atoms with Gasteiger partial charge in [0.25, 0.3) is 10.0 Å². The number of amides is 1. The molecular weight excluding hydrogens is 452 g/mol. The molecule has 1 amide bonds. The van der Waals surface area contributed by atoms with Crippen molar-refractivity contribution in [1.29, 1.82) is 0 Å². The maximum Gasteiger partial charge on any atom is 0.265 e. The Labute approximate surface area is 190 Å². The van der Waals surface area contributed by atoms with Crippen molar-refractivity contribution in [3.63, 3.8) is 0 Å². The number of nitrogens with one attached hydrogen (secondary N) is 2. The first kappa shape index (κ1) is 23.3. The molecule has 3 rings (SSSR count). The van der Waals surface area contributed by atoms with Crippen molar-refractivity contribution in [1.82, 2.24) is 0 Å². The molecule has 2 N–H and O–H groups in total. The van der Waals surface area contributed by atoms with Gasteiger partial charge in [0.1, 0.15) is 16.4 Å². The fourth-order valence-electron chi connectivity index (χ4n) is 2.84. The zero-order chi connectivity index (χ0) is 23.1. The lowest BCUT2D eigenvalue weighted by molar-refractivity contribution is -0.116. The Kier molecular flexibility index (Phi) is 7.49. The molecule has 0 saturated heterocycles. The second-order valence-electron chi connectivity index (χ2n) is 6.65. The van der Waals surface area contributed by atoms with Gasteiger partial charge in [0.15, 0.2) is 5.78 Å². The lowest BCUT2D eigenvalue weighted by Gasteiger charge is -2.14. The summed E-state index contributed by atoms with van der Waals surface area (Å²) >= 11 is 1.32. The van der Waals surface area contributed by atoms with Crippen LogP contribution in [-0.4, -0.2) is 34.3 Å². The lowest BCUT2D eigenvalue weighted by atomic mass is 10.2. The number of benzene rings is 2. The molecule has 10 heteroatoms. The van der Waals surface area contributed by atoms with Gasteiger partial charge >= 0.3 is 0 Å². The highest BCUT2D eigenvalue weighted by Crippen LogP contribution is 2.29. The molecule has 8 nitrogen and oxygen atoms in total. The molecule has 1 heterocycles. The Morgan fingerprint density at radius 3 is 2.28 bits per heavy atom. The Hall–Kier alpha value is -3.37. The van der Waals surface area contributed by atoms with Gasteiger partial charge < -0.3 is 14.8 Å². The van der Waals surface area contributed by atoms with Gasteiger partial charge in [0.05, 0.1) is 19.1 Å². The van der Waals surface area contributed by atoms with E-state index >= 15 is 0 Å². The van der Waals surface area contributed by atoms with E-state index in [4.69, 9.17) is 9.47 Å². The third kappa shape index (κ3) is 5.86. The van der Waals surface area contributed by atoms with Crippen LogP contribution < -0.4 is 19.5 Å². The molecule has 168 valence electrons. The van der Waals surface area contributed by atoms with E-state index in [9.17, 15) is 18.0 Å². The highest BCUT2D eigenvalue weighted by Gasteiger charge is 2.21. The predicted octanol–water partition coefficient (Wildman–Crippen LogP) is 4.17. The van der Waals surface area contributed by atoms with Crippen LogP contribution in [0, 0.1) is 0 Å². The third-order valence-electron chi connectivity index (χ3n) is 4.45. The van der Waals surface area contributed by atoms with E-state index in [-0.39, 0.29) is 35.0 Å². The van der Waals surface area contributed by atoms with Crippen molar-refractivity contribution >= 4 is 44.4 Å². The average Bonchev–Trinajstić information content (AvgIpc) is 3.33. The minimum atomic E-state index is -4.01. The van der Waals surface area contributed by atoms with Crippen LogP contribution in [0.5, 0.6) is 11.5 Å². The highest BCUT2D eigenvalue weighted by atomic mass is 32.2. The number of ether oxygens (including phenoxy) is 2. The average molecular weight is 475 g/mol. The molecule has 0 fully saturated rings. The zero-order valence-electron chi connectivity index (χ0n) is 17.5. The molecule has 0 bridgehead atoms. The van der Waals surface area contributed by atoms with Gasteiger partial charge in [-0.2, -0.15) is 0 Å². The van der Waals surface area contributed by atoms with E-state index in [0.717, 1.165) is 0 Å². The Morgan fingerprint density at radius 1 is 0.938 bits per heavy atom. The number of carbonyl (C=O) groups excluding carboxylic acids is 2. The van der Waals surface area contributed by atoms with Gasteiger partial charge in [-0.3, -0.25) is 14.3 Å². The van der Waals surface area contributed by atoms with Crippen LogP contribution in [0.4, 0.5) is 11.4 Å². The topological polar surface area (TPSA) is 111 Å². The predicted molar refractivity (Wildman–Crippen MR) is 123 cm³/mol. The molecule has 0 aliphatic heterocycles. The van der Waals surface area contributed by atoms with Crippen LogP contribution in [0.25, 0.3) is 0 Å². The SMILES string of the molecule is COc1ccc(NS(=O)(=O)c2cc(NC(=O)CCC(=O)c3cccs3)ccc2OC)cc1. The number of hydrogen-bond acceptors (Lipinski definition) is 7. The number of anilines is 2. The van der Waals surface area contributed by atoms with Crippen molar-refractivity contribution in [2.75, 3.05) is 24.3 Å². The van der Waals surface area contributed by atoms with Gasteiger partial charge in [-0.15, -0.1) is 11.3 Å². The smallest absolute Gasteiger partial charge is 0.265 e. The molecule has 0 aliphatic carbocycles. The van der Waals surface area contributed by atoms with Gasteiger partial charge in [-0.1, -0.05) is 6.07 Å². The summed E-state index contributed by atoms with van der Waals surface area (Å²) in [7, 11) is -1.14. The molecular formula is C22H22N2O6S2. The summed E-state index contributed by atoms with van der Waals surface area (Å²) in [4.78, 5) is 24.8. The second kappa shape index (κ2) is 10.3. The Balaban J connectivity index is 1.72. The summed E-state index contributed by atoms with van der Waals surface area (Å²) < 4.78 is 38.6. The van der Waals surface area contributed by atoms with Crippen LogP contribution >= 0.6 is 11.3 Å². The van der Waals surface area contributed by atoms with Crippen molar-refractivity contribution in [2.24, 2.45) is 0 Å². The van der Waals surface area contributed by atoms with Crippen molar-refractivity contribution in [2.45, 2.75) is 17.7 Å². The highest BCUT2D eigenvalue weighted by molar-refractivity contribution is 7.92. The summed E-state index contributed by atoms with van der Waals surface area (Å²) in [6.07, 6.45) is 0.0433. The molecule has 0 saturated carbocycles. The first-order chi connectivity index (χ1) is 15.3. The molecule has 0 aliphatic rings. The van der Waals surface area contributed by atoms with E-state index < -0.39 is 15.9 Å². The Bertz CT molecular complexity index is 1190. The van der Waals surface area contributed by atoms with Crippen LogP contribution in [0.1, 0.15) is 22.5 Å². The minimum Gasteiger partial charge on any atom is -0.497 e. The number of methoxy groups -OCH3 is 2. The van der Waals surface area contributed by atoms with Gasteiger partial charge in [0.2, 0.25) is 5.91 Å². The summed E-state index contributed by atoms with van der Waals surface area (Å²) in [5.74, 6) is 0.202. The first-order valence-corrected chi connectivity index (χ1v) is 11.9. The summed E-state index contributed by atoms with van der Waals surface area (Å²) in [6.45, 7) is 0. The molecule has 3 aromatic rings. The number of sulfonamides is 1. The molecule has 0 radical (unpaired) electrons. The minimum absolute atomic E-state index is 0.0189. The standard InChI is InChI=1S/C22H22N2O6S2/c1-29-17-8-5-15(6-9-17)24-32(27,28)21-14-16(7-11-19(21)30-2)23-22(26)12-10-18(25)20-4-3-13-31-20/h3-9,11,13-14,24H,10,12H2,1-2H3,(H,23,26). The van der Waals surface area contributed by atoms with E-state index in [0.29, 0.717) is 16.3 Å². The number of thiophene rings is 1. The monoisotopic (exact) mass is 474 g/mol. The molecule has 32 heavy (non-hydrogen) atoms. The molecule has 0 unspecified atom stereocenters. The van der Waals surface area contributed by atoms with E-state index in [2.05, 4.69) is 10.0 Å². The summed E-state index contributed by atoms with van der Waals surface area (Å²) in [6, 6.07) is 14.2. The molecule has 0 spiro atoms. The number of Topliss-reactive ketones (excluding diaryl/α,β-unsaturated/α-hetero) is 1. The van der Waals surface area contributed by atoms with Crippen molar-refractivity contribution in [3.8, 4) is 11.5 Å². The third-order valence-corrected chi connectivity index (χ3v) is 6.77. The largest absolute Gasteiger partial charge is 0.497 e. The van der Waals surface area contributed by atoms with E-state index in [1.54, 1.807) is 41.8 Å². The summed E-state index contributed by atoms with van der Waals surface area (Å²) in [5, 5.41) is 4.43. The van der Waals surface area contributed by atoms with Crippen LogP contribution in [0.2, 0.25) is 0 Å². The van der Waals surface area contributed by atoms with Gasteiger partial charge in [0, 0.05) is 24.2 Å². The number of carbonyl (C=O) groups is 2. The molecule has 0 atom stereocenters. The zero-order valence-corrected chi connectivity index (χ0v) is 19.1. The van der Waals surface area contributed by atoms with Crippen LogP contribution in [-0.2, 0) is 14.8 Å². The fraction of sp³-hybridized carbons (Fsp3) is 0.182. The maximum absolute atomic E-state index is 12.9. The van der Waals surface area contributed by atoms with Gasteiger partial charge in [-0.05, 0) is 53.9 Å². The number of hydrogen-bond donors (Lipinski definition) is 2. The summed E-state index contributed by atoms with van der Waals surface area (Å²) in [5.41, 5.74) is 0.615. The number of ketones is 1. The van der Waals surface area contributed by atoms with Crippen molar-refractivity contribution in [3.05, 3.63) is 64.9 Å². The van der Waals surface area contributed by atoms with Crippen LogP contribution in [0.3, 0.4) is 0 Å². The van der Waals surface area contributed by atoms with E-state index in [1.165, 1.54) is 43.8 Å². The van der Waals surface area contributed by atoms with E-state index in [1.807, 2.05) is 0 Å². The molecule has 1 aromatic heterocycles. The lowest BCUT2D eigenvalue weighted by Crippen LogP contribution is -2.16. The quantitative estimate of drug-likeness (QED) is 0.427. The second-order valence-corrected chi connectivity index (χ2v) is 9.25. The fourth-order valence-corrected chi connectivity index (χ4v) is 4.79. The van der Waals surface area contributed by atoms with Crippen molar-refractivity contribution < 1.29 is 27.5 Å². The Morgan fingerprint density at radius 2 is 1.66 bits per heavy atom.